The summed E-state index contributed by atoms with van der Waals surface area (Å²) in [6, 6.07) is 9.82. The standard InChI is InChI=1S/C16H12ClFN2O3/c1-9(15(21)19-12-7-6-10(17)8-11(12)18)20-13-4-2-3-5-14(13)23-16(20)22/h2-9H,1H3,(H,19,21)/t9-/m0/s1. The Morgan fingerprint density at radius 2 is 2.04 bits per heavy atom. The summed E-state index contributed by atoms with van der Waals surface area (Å²) in [6.45, 7) is 1.53. The van der Waals surface area contributed by atoms with Gasteiger partial charge in [-0.1, -0.05) is 23.7 Å². The van der Waals surface area contributed by atoms with Gasteiger partial charge in [-0.15, -0.1) is 0 Å². The molecule has 2 aromatic carbocycles. The zero-order valence-electron chi connectivity index (χ0n) is 12.0. The van der Waals surface area contributed by atoms with Gasteiger partial charge >= 0.3 is 5.76 Å². The number of carbonyl (C=O) groups is 1. The van der Waals surface area contributed by atoms with E-state index in [2.05, 4.69) is 5.32 Å². The number of rotatable bonds is 3. The summed E-state index contributed by atoms with van der Waals surface area (Å²) in [7, 11) is 0. The van der Waals surface area contributed by atoms with Gasteiger partial charge in [0.15, 0.2) is 5.58 Å². The molecule has 0 saturated carbocycles. The Bertz CT molecular complexity index is 948. The SMILES string of the molecule is C[C@@H](C(=O)Nc1ccc(Cl)cc1F)n1c(=O)oc2ccccc21. The number of benzene rings is 2. The van der Waals surface area contributed by atoms with Crippen LogP contribution in [0.1, 0.15) is 13.0 Å². The van der Waals surface area contributed by atoms with Gasteiger partial charge in [-0.3, -0.25) is 9.36 Å². The summed E-state index contributed by atoms with van der Waals surface area (Å²) in [5.41, 5.74) is 0.874. The van der Waals surface area contributed by atoms with Gasteiger partial charge in [-0.05, 0) is 37.3 Å². The van der Waals surface area contributed by atoms with Crippen molar-refractivity contribution in [2.45, 2.75) is 13.0 Å². The van der Waals surface area contributed by atoms with Crippen molar-refractivity contribution in [3.63, 3.8) is 0 Å². The van der Waals surface area contributed by atoms with Gasteiger partial charge in [0.1, 0.15) is 11.9 Å². The molecule has 0 aliphatic rings. The van der Waals surface area contributed by atoms with E-state index in [0.717, 1.165) is 6.07 Å². The topological polar surface area (TPSA) is 64.2 Å². The number of hydrogen-bond donors (Lipinski definition) is 1. The third-order valence-electron chi connectivity index (χ3n) is 3.47. The minimum atomic E-state index is -0.874. The van der Waals surface area contributed by atoms with Crippen molar-refractivity contribution in [2.24, 2.45) is 0 Å². The third kappa shape index (κ3) is 2.85. The predicted octanol–water partition coefficient (Wildman–Crippen LogP) is 3.59. The van der Waals surface area contributed by atoms with Crippen molar-refractivity contribution < 1.29 is 13.6 Å². The first-order chi connectivity index (χ1) is 11.0. The van der Waals surface area contributed by atoms with Gasteiger partial charge in [-0.2, -0.15) is 0 Å². The molecule has 7 heteroatoms. The number of para-hydroxylation sites is 2. The van der Waals surface area contributed by atoms with Crippen LogP contribution in [0.2, 0.25) is 5.02 Å². The molecule has 0 radical (unpaired) electrons. The fraction of sp³-hybridized carbons (Fsp3) is 0.125. The van der Waals surface area contributed by atoms with Crippen LogP contribution < -0.4 is 11.1 Å². The number of amides is 1. The summed E-state index contributed by atoms with van der Waals surface area (Å²) >= 11 is 5.67. The number of hydrogen-bond acceptors (Lipinski definition) is 3. The Kier molecular flexibility index (Phi) is 3.92. The second-order valence-electron chi connectivity index (χ2n) is 5.00. The Morgan fingerprint density at radius 3 is 2.78 bits per heavy atom. The highest BCUT2D eigenvalue weighted by Gasteiger charge is 2.22. The lowest BCUT2D eigenvalue weighted by atomic mass is 10.2. The molecule has 0 aliphatic heterocycles. The Labute approximate surface area is 135 Å². The molecule has 0 spiro atoms. The number of nitrogens with zero attached hydrogens (tertiary/aromatic N) is 1. The van der Waals surface area contributed by atoms with Crippen LogP contribution in [0.15, 0.2) is 51.7 Å². The first-order valence-electron chi connectivity index (χ1n) is 6.83. The van der Waals surface area contributed by atoms with Gasteiger partial charge < -0.3 is 9.73 Å². The molecule has 0 saturated heterocycles. The second-order valence-corrected chi connectivity index (χ2v) is 5.43. The molecule has 23 heavy (non-hydrogen) atoms. The number of oxazole rings is 1. The van der Waals surface area contributed by atoms with E-state index in [1.807, 2.05) is 0 Å². The largest absolute Gasteiger partial charge is 0.420 e. The minimum Gasteiger partial charge on any atom is -0.408 e. The highest BCUT2D eigenvalue weighted by atomic mass is 35.5. The van der Waals surface area contributed by atoms with Crippen LogP contribution >= 0.6 is 11.6 Å². The molecule has 0 unspecified atom stereocenters. The molecule has 1 N–H and O–H groups in total. The van der Waals surface area contributed by atoms with Gasteiger partial charge in [0.2, 0.25) is 5.91 Å². The van der Waals surface area contributed by atoms with Crippen molar-refractivity contribution in [3.05, 3.63) is 63.9 Å². The molecular weight excluding hydrogens is 323 g/mol. The fourth-order valence-electron chi connectivity index (χ4n) is 2.30. The molecule has 1 aromatic heterocycles. The summed E-state index contributed by atoms with van der Waals surface area (Å²) in [6.07, 6.45) is 0. The monoisotopic (exact) mass is 334 g/mol. The maximum Gasteiger partial charge on any atom is 0.420 e. The van der Waals surface area contributed by atoms with Gasteiger partial charge in [0.25, 0.3) is 0 Å². The molecule has 3 aromatic rings. The van der Waals surface area contributed by atoms with E-state index >= 15 is 0 Å². The number of carbonyl (C=O) groups excluding carboxylic acids is 1. The average Bonchev–Trinajstić information content (AvgIpc) is 2.85. The van der Waals surface area contributed by atoms with Crippen LogP contribution in [0.4, 0.5) is 10.1 Å². The molecule has 1 atom stereocenters. The fourth-order valence-corrected chi connectivity index (χ4v) is 2.45. The average molecular weight is 335 g/mol. The van der Waals surface area contributed by atoms with E-state index < -0.39 is 23.5 Å². The maximum absolute atomic E-state index is 13.8. The van der Waals surface area contributed by atoms with Crippen LogP contribution in [-0.4, -0.2) is 10.5 Å². The molecular formula is C16H12ClFN2O3. The van der Waals surface area contributed by atoms with Crippen LogP contribution in [0.3, 0.4) is 0 Å². The molecule has 0 bridgehead atoms. The predicted molar refractivity (Wildman–Crippen MR) is 85.2 cm³/mol. The zero-order valence-corrected chi connectivity index (χ0v) is 12.8. The molecule has 118 valence electrons. The molecule has 3 rings (SSSR count). The highest BCUT2D eigenvalue weighted by Crippen LogP contribution is 2.21. The smallest absolute Gasteiger partial charge is 0.408 e. The molecule has 5 nitrogen and oxygen atoms in total. The summed E-state index contributed by atoms with van der Waals surface area (Å²) in [4.78, 5) is 24.3. The third-order valence-corrected chi connectivity index (χ3v) is 3.71. The van der Waals surface area contributed by atoms with E-state index in [1.54, 1.807) is 24.3 Å². The molecule has 1 heterocycles. The van der Waals surface area contributed by atoms with Crippen LogP contribution in [-0.2, 0) is 4.79 Å². The first-order valence-corrected chi connectivity index (χ1v) is 7.21. The summed E-state index contributed by atoms with van der Waals surface area (Å²) in [5, 5.41) is 2.67. The Balaban J connectivity index is 1.92. The maximum atomic E-state index is 13.8. The lowest BCUT2D eigenvalue weighted by Crippen LogP contribution is -2.29. The molecule has 0 fully saturated rings. The minimum absolute atomic E-state index is 0.00732. The van der Waals surface area contributed by atoms with Gasteiger partial charge in [-0.25, -0.2) is 9.18 Å². The number of fused-ring (bicyclic) bond motifs is 1. The summed E-state index contributed by atoms with van der Waals surface area (Å²) < 4.78 is 20.1. The zero-order chi connectivity index (χ0) is 16.6. The first kappa shape index (κ1) is 15.3. The van der Waals surface area contributed by atoms with E-state index in [-0.39, 0.29) is 10.7 Å². The number of anilines is 1. The summed E-state index contributed by atoms with van der Waals surface area (Å²) in [5.74, 6) is -1.84. The Morgan fingerprint density at radius 1 is 1.30 bits per heavy atom. The quantitative estimate of drug-likeness (QED) is 0.796. The van der Waals surface area contributed by atoms with Crippen molar-refractivity contribution in [1.29, 1.82) is 0 Å². The normalized spacial score (nSPS) is 12.3. The van der Waals surface area contributed by atoms with Gasteiger partial charge in [0, 0.05) is 5.02 Å². The van der Waals surface area contributed by atoms with Gasteiger partial charge in [0.05, 0.1) is 11.2 Å². The van der Waals surface area contributed by atoms with E-state index in [0.29, 0.717) is 11.1 Å². The number of aromatic nitrogens is 1. The van der Waals surface area contributed by atoms with Crippen molar-refractivity contribution >= 4 is 34.3 Å². The Hall–Kier alpha value is -2.60. The van der Waals surface area contributed by atoms with E-state index in [4.69, 9.17) is 16.0 Å². The lowest BCUT2D eigenvalue weighted by Gasteiger charge is -2.13. The molecule has 1 amide bonds. The van der Waals surface area contributed by atoms with E-state index in [1.165, 1.54) is 23.6 Å². The molecule has 0 aliphatic carbocycles. The number of halogens is 2. The second kappa shape index (κ2) is 5.89. The van der Waals surface area contributed by atoms with Crippen molar-refractivity contribution in [3.8, 4) is 0 Å². The lowest BCUT2D eigenvalue weighted by molar-refractivity contribution is -0.118. The van der Waals surface area contributed by atoms with E-state index in [9.17, 15) is 14.0 Å². The highest BCUT2D eigenvalue weighted by molar-refractivity contribution is 6.30. The van der Waals surface area contributed by atoms with Crippen LogP contribution in [0.25, 0.3) is 11.1 Å². The van der Waals surface area contributed by atoms with Crippen LogP contribution in [0, 0.1) is 5.82 Å². The van der Waals surface area contributed by atoms with Crippen LogP contribution in [0.5, 0.6) is 0 Å². The van der Waals surface area contributed by atoms with Crippen molar-refractivity contribution in [2.75, 3.05) is 5.32 Å². The van der Waals surface area contributed by atoms with Crippen molar-refractivity contribution in [1.82, 2.24) is 4.57 Å². The number of nitrogens with one attached hydrogen (secondary N) is 1.